The number of hydrogen-bond acceptors (Lipinski definition) is 9. The Morgan fingerprint density at radius 1 is 1.29 bits per heavy atom. The molecule has 3 aromatic rings. The number of rotatable bonds is 8. The molecule has 2 heterocycles. The van der Waals surface area contributed by atoms with E-state index in [4.69, 9.17) is 30.9 Å². The van der Waals surface area contributed by atoms with Crippen molar-refractivity contribution in [3.63, 3.8) is 0 Å². The number of benzene rings is 2. The molecule has 0 aliphatic carbocycles. The molecule has 0 fully saturated rings. The summed E-state index contributed by atoms with van der Waals surface area (Å²) in [6, 6.07) is 6.94. The normalized spacial score (nSPS) is 12.3. The topological polar surface area (TPSA) is 144 Å². The highest BCUT2D eigenvalue weighted by molar-refractivity contribution is 7.93. The van der Waals surface area contributed by atoms with Crippen LogP contribution in [0.3, 0.4) is 0 Å². The average molecular weight is 540 g/mol. The molecule has 0 spiro atoms. The van der Waals surface area contributed by atoms with Gasteiger partial charge < -0.3 is 19.3 Å². The van der Waals surface area contributed by atoms with Gasteiger partial charge in [0.15, 0.2) is 16.6 Å². The second kappa shape index (κ2) is 9.60. The van der Waals surface area contributed by atoms with E-state index in [9.17, 15) is 18.0 Å². The molecule has 0 saturated heterocycles. The van der Waals surface area contributed by atoms with Crippen molar-refractivity contribution >= 4 is 55.7 Å². The van der Waals surface area contributed by atoms with Gasteiger partial charge in [0.1, 0.15) is 10.6 Å². The number of nitrogens with zero attached hydrogens (tertiary/aromatic N) is 2. The predicted molar refractivity (Wildman–Crippen MR) is 128 cm³/mol. The molecule has 184 valence electrons. The Hall–Kier alpha value is -3.55. The number of carbonyl (C=O) groups is 2. The second-order valence-corrected chi connectivity index (χ2v) is 10.4. The summed E-state index contributed by atoms with van der Waals surface area (Å²) in [6.45, 7) is -0.160. The first-order valence-corrected chi connectivity index (χ1v) is 12.5. The largest absolute Gasteiger partial charge is 0.495 e. The number of anilines is 2. The maximum absolute atomic E-state index is 13.5. The van der Waals surface area contributed by atoms with Crippen LogP contribution in [0.2, 0.25) is 5.02 Å². The van der Waals surface area contributed by atoms with E-state index < -0.39 is 21.9 Å². The van der Waals surface area contributed by atoms with Gasteiger partial charge in [0.2, 0.25) is 6.79 Å². The third-order valence-electron chi connectivity index (χ3n) is 4.92. The SMILES string of the molecule is COc1ccc(Cl)cc1S(=O)(=O)N(C)c1cc(C(=O)Nc2nc(CC(=O)O)cs2)cc2c1OCO2. The summed E-state index contributed by atoms with van der Waals surface area (Å²) in [5, 5.41) is 13.4. The molecule has 0 saturated carbocycles. The molecule has 1 aromatic heterocycles. The van der Waals surface area contributed by atoms with Crippen molar-refractivity contribution in [1.82, 2.24) is 4.98 Å². The van der Waals surface area contributed by atoms with Gasteiger partial charge in [0.05, 0.1) is 24.9 Å². The summed E-state index contributed by atoms with van der Waals surface area (Å²) < 4.78 is 43.9. The van der Waals surface area contributed by atoms with E-state index in [0.717, 1.165) is 15.6 Å². The molecular weight excluding hydrogens is 522 g/mol. The van der Waals surface area contributed by atoms with Gasteiger partial charge in [0, 0.05) is 23.0 Å². The van der Waals surface area contributed by atoms with E-state index in [1.165, 1.54) is 49.9 Å². The van der Waals surface area contributed by atoms with Crippen LogP contribution < -0.4 is 23.8 Å². The molecular formula is C21H18ClN3O8S2. The third kappa shape index (κ3) is 4.97. The number of aliphatic carboxylic acids is 1. The van der Waals surface area contributed by atoms with E-state index in [0.29, 0.717) is 5.69 Å². The van der Waals surface area contributed by atoms with Crippen molar-refractivity contribution in [2.75, 3.05) is 30.6 Å². The van der Waals surface area contributed by atoms with Crippen molar-refractivity contribution in [1.29, 1.82) is 0 Å². The van der Waals surface area contributed by atoms with Crippen LogP contribution in [0, 0.1) is 0 Å². The van der Waals surface area contributed by atoms with Gasteiger partial charge >= 0.3 is 5.97 Å². The molecule has 0 atom stereocenters. The number of carboxylic acid groups (broad SMARTS) is 1. The predicted octanol–water partition coefficient (Wildman–Crippen LogP) is 3.24. The number of ether oxygens (including phenoxy) is 3. The summed E-state index contributed by atoms with van der Waals surface area (Å²) >= 11 is 7.09. The van der Waals surface area contributed by atoms with Crippen molar-refractivity contribution < 1.29 is 37.3 Å². The smallest absolute Gasteiger partial charge is 0.309 e. The standard InChI is InChI=1S/C21H18ClN3O8S2/c1-25(35(29,30)17-7-12(22)3-4-15(17)31-2)14-5-11(6-16-19(14)33-10-32-16)20(28)24-21-23-13(9-34-21)8-18(26)27/h3-7,9H,8,10H2,1-2H3,(H,26,27)(H,23,24,28). The molecule has 0 radical (unpaired) electrons. The van der Waals surface area contributed by atoms with E-state index in [1.807, 2.05) is 0 Å². The Morgan fingerprint density at radius 2 is 2.06 bits per heavy atom. The van der Waals surface area contributed by atoms with Crippen LogP contribution in [0.15, 0.2) is 40.6 Å². The van der Waals surface area contributed by atoms with Crippen LogP contribution in [0.25, 0.3) is 0 Å². The van der Waals surface area contributed by atoms with Crippen LogP contribution in [-0.2, 0) is 21.2 Å². The van der Waals surface area contributed by atoms with Gasteiger partial charge in [0.25, 0.3) is 15.9 Å². The lowest BCUT2D eigenvalue weighted by atomic mass is 10.1. The highest BCUT2D eigenvalue weighted by atomic mass is 35.5. The Kier molecular flexibility index (Phi) is 6.74. The minimum atomic E-state index is -4.20. The molecule has 35 heavy (non-hydrogen) atoms. The fourth-order valence-corrected chi connectivity index (χ4v) is 5.57. The van der Waals surface area contributed by atoms with Gasteiger partial charge in [-0.25, -0.2) is 13.4 Å². The van der Waals surface area contributed by atoms with Crippen molar-refractivity contribution in [2.24, 2.45) is 0 Å². The molecule has 4 rings (SSSR count). The fraction of sp³-hybridized carbons (Fsp3) is 0.190. The number of hydrogen-bond donors (Lipinski definition) is 2. The fourth-order valence-electron chi connectivity index (χ4n) is 3.26. The Balaban J connectivity index is 1.69. The lowest BCUT2D eigenvalue weighted by molar-refractivity contribution is -0.136. The van der Waals surface area contributed by atoms with Crippen molar-refractivity contribution in [3.05, 3.63) is 52.0 Å². The summed E-state index contributed by atoms with van der Waals surface area (Å²) in [7, 11) is -1.56. The molecule has 14 heteroatoms. The third-order valence-corrected chi connectivity index (χ3v) is 7.76. The van der Waals surface area contributed by atoms with Gasteiger partial charge in [-0.15, -0.1) is 11.3 Å². The van der Waals surface area contributed by atoms with Gasteiger partial charge in [-0.05, 0) is 30.3 Å². The van der Waals surface area contributed by atoms with Crippen LogP contribution in [-0.4, -0.2) is 51.3 Å². The molecule has 2 N–H and O–H groups in total. The quantitative estimate of drug-likeness (QED) is 0.440. The molecule has 2 aromatic carbocycles. The van der Waals surface area contributed by atoms with Crippen LogP contribution in [0.4, 0.5) is 10.8 Å². The summed E-state index contributed by atoms with van der Waals surface area (Å²) in [6.07, 6.45) is -0.282. The zero-order valence-corrected chi connectivity index (χ0v) is 20.7. The molecule has 0 bridgehead atoms. The van der Waals surface area contributed by atoms with Crippen molar-refractivity contribution in [3.8, 4) is 17.2 Å². The van der Waals surface area contributed by atoms with Crippen LogP contribution in [0.1, 0.15) is 16.1 Å². The number of methoxy groups -OCH3 is 1. The van der Waals surface area contributed by atoms with E-state index >= 15 is 0 Å². The maximum atomic E-state index is 13.5. The number of halogens is 1. The molecule has 1 aliphatic heterocycles. The lowest BCUT2D eigenvalue weighted by Crippen LogP contribution is -2.27. The highest BCUT2D eigenvalue weighted by Gasteiger charge is 2.32. The lowest BCUT2D eigenvalue weighted by Gasteiger charge is -2.22. The van der Waals surface area contributed by atoms with E-state index in [-0.39, 0.29) is 56.8 Å². The molecule has 11 nitrogen and oxygen atoms in total. The van der Waals surface area contributed by atoms with E-state index in [1.54, 1.807) is 0 Å². The molecule has 1 amide bonds. The Bertz CT molecular complexity index is 1420. The maximum Gasteiger partial charge on any atom is 0.309 e. The minimum Gasteiger partial charge on any atom is -0.495 e. The van der Waals surface area contributed by atoms with Crippen LogP contribution in [0.5, 0.6) is 17.2 Å². The average Bonchev–Trinajstić information content (AvgIpc) is 3.46. The zero-order chi connectivity index (χ0) is 25.3. The summed E-state index contributed by atoms with van der Waals surface area (Å²) in [5.74, 6) is -1.24. The number of thiazole rings is 1. The monoisotopic (exact) mass is 539 g/mol. The van der Waals surface area contributed by atoms with Crippen LogP contribution >= 0.6 is 22.9 Å². The van der Waals surface area contributed by atoms with Gasteiger partial charge in [-0.1, -0.05) is 11.6 Å². The molecule has 1 aliphatic rings. The number of nitrogens with one attached hydrogen (secondary N) is 1. The number of fused-ring (bicyclic) bond motifs is 1. The first-order chi connectivity index (χ1) is 16.6. The number of amides is 1. The highest BCUT2D eigenvalue weighted by Crippen LogP contribution is 2.44. The summed E-state index contributed by atoms with van der Waals surface area (Å²) in [4.78, 5) is 27.7. The number of carbonyl (C=O) groups excluding carboxylic acids is 1. The second-order valence-electron chi connectivity index (χ2n) is 7.17. The minimum absolute atomic E-state index is 0.0536. The Morgan fingerprint density at radius 3 is 2.77 bits per heavy atom. The number of carboxylic acids is 1. The first-order valence-electron chi connectivity index (χ1n) is 9.84. The molecule has 0 unspecified atom stereocenters. The number of aromatic nitrogens is 1. The Labute approximate surface area is 208 Å². The zero-order valence-electron chi connectivity index (χ0n) is 18.3. The first kappa shape index (κ1) is 24.6. The number of sulfonamides is 1. The van der Waals surface area contributed by atoms with Gasteiger partial charge in [-0.3, -0.25) is 19.2 Å². The van der Waals surface area contributed by atoms with Gasteiger partial charge in [-0.2, -0.15) is 0 Å². The summed E-state index contributed by atoms with van der Waals surface area (Å²) in [5.41, 5.74) is 0.419. The van der Waals surface area contributed by atoms with E-state index in [2.05, 4.69) is 10.3 Å². The van der Waals surface area contributed by atoms with Crippen molar-refractivity contribution in [2.45, 2.75) is 11.3 Å².